The number of amides is 2. The van der Waals surface area contributed by atoms with Crippen molar-refractivity contribution in [1.29, 1.82) is 0 Å². The van der Waals surface area contributed by atoms with E-state index < -0.39 is 0 Å². The SMILES string of the molecule is CCNCC(C)CN1C(=O)CCCCC1=O. The molecule has 1 unspecified atom stereocenters. The van der Waals surface area contributed by atoms with Crippen molar-refractivity contribution < 1.29 is 9.59 Å². The van der Waals surface area contributed by atoms with Gasteiger partial charge in [0.2, 0.25) is 11.8 Å². The van der Waals surface area contributed by atoms with Crippen molar-refractivity contribution >= 4 is 11.8 Å². The minimum atomic E-state index is 0.00542. The molecule has 0 aromatic carbocycles. The first-order chi connectivity index (χ1) is 7.65. The molecule has 1 aliphatic rings. The van der Waals surface area contributed by atoms with E-state index in [9.17, 15) is 9.59 Å². The molecule has 0 spiro atoms. The summed E-state index contributed by atoms with van der Waals surface area (Å²) in [6.45, 7) is 6.45. The summed E-state index contributed by atoms with van der Waals surface area (Å²) in [7, 11) is 0. The van der Waals surface area contributed by atoms with Crippen molar-refractivity contribution in [2.24, 2.45) is 5.92 Å². The molecule has 0 aromatic heterocycles. The third-order valence-corrected chi connectivity index (χ3v) is 2.87. The van der Waals surface area contributed by atoms with Gasteiger partial charge in [-0.1, -0.05) is 13.8 Å². The van der Waals surface area contributed by atoms with Crippen molar-refractivity contribution in [3.05, 3.63) is 0 Å². The Balaban J connectivity index is 2.48. The molecular weight excluding hydrogens is 204 g/mol. The molecule has 1 saturated heterocycles. The molecular formula is C12H22N2O2. The molecule has 16 heavy (non-hydrogen) atoms. The van der Waals surface area contributed by atoms with Gasteiger partial charge in [-0.05, 0) is 31.8 Å². The van der Waals surface area contributed by atoms with Gasteiger partial charge in [0.1, 0.15) is 0 Å². The van der Waals surface area contributed by atoms with Crippen molar-refractivity contribution in [2.75, 3.05) is 19.6 Å². The maximum atomic E-state index is 11.7. The van der Waals surface area contributed by atoms with Gasteiger partial charge in [-0.3, -0.25) is 14.5 Å². The van der Waals surface area contributed by atoms with Crippen LogP contribution < -0.4 is 5.32 Å². The number of hydrogen-bond acceptors (Lipinski definition) is 3. The number of carbonyl (C=O) groups excluding carboxylic acids is 2. The molecule has 1 fully saturated rings. The fraction of sp³-hybridized carbons (Fsp3) is 0.833. The molecule has 1 heterocycles. The molecule has 2 amide bonds. The van der Waals surface area contributed by atoms with Crippen LogP contribution in [0.4, 0.5) is 0 Å². The first-order valence-corrected chi connectivity index (χ1v) is 6.19. The maximum absolute atomic E-state index is 11.7. The van der Waals surface area contributed by atoms with Crippen LogP contribution in [0.1, 0.15) is 39.5 Å². The molecule has 0 aromatic rings. The van der Waals surface area contributed by atoms with Crippen LogP contribution in [-0.2, 0) is 9.59 Å². The van der Waals surface area contributed by atoms with Gasteiger partial charge in [-0.2, -0.15) is 0 Å². The lowest BCUT2D eigenvalue weighted by Gasteiger charge is -2.22. The first kappa shape index (κ1) is 13.2. The molecule has 4 nitrogen and oxygen atoms in total. The van der Waals surface area contributed by atoms with E-state index in [0.717, 1.165) is 25.9 Å². The number of nitrogens with one attached hydrogen (secondary N) is 1. The maximum Gasteiger partial charge on any atom is 0.229 e. The number of carbonyl (C=O) groups is 2. The molecule has 92 valence electrons. The summed E-state index contributed by atoms with van der Waals surface area (Å²) in [5.41, 5.74) is 0. The first-order valence-electron chi connectivity index (χ1n) is 6.19. The van der Waals surface area contributed by atoms with Gasteiger partial charge in [-0.15, -0.1) is 0 Å². The van der Waals surface area contributed by atoms with E-state index in [1.54, 1.807) is 0 Å². The predicted molar refractivity (Wildman–Crippen MR) is 62.9 cm³/mol. The Morgan fingerprint density at radius 2 is 1.81 bits per heavy atom. The minimum Gasteiger partial charge on any atom is -0.317 e. The van der Waals surface area contributed by atoms with Crippen LogP contribution in [0.2, 0.25) is 0 Å². The third kappa shape index (κ3) is 3.93. The number of imide groups is 1. The molecule has 1 atom stereocenters. The molecule has 1 aliphatic heterocycles. The normalized spacial score (nSPS) is 19.8. The van der Waals surface area contributed by atoms with Crippen molar-refractivity contribution in [3.63, 3.8) is 0 Å². The average Bonchev–Trinajstić information content (AvgIpc) is 2.41. The lowest BCUT2D eigenvalue weighted by atomic mass is 10.1. The van der Waals surface area contributed by atoms with Gasteiger partial charge in [0.25, 0.3) is 0 Å². The predicted octanol–water partition coefficient (Wildman–Crippen LogP) is 1.16. The van der Waals surface area contributed by atoms with Crippen LogP contribution in [0.5, 0.6) is 0 Å². The molecule has 0 aliphatic carbocycles. The van der Waals surface area contributed by atoms with Gasteiger partial charge < -0.3 is 5.32 Å². The van der Waals surface area contributed by atoms with Crippen molar-refractivity contribution in [1.82, 2.24) is 10.2 Å². The second kappa shape index (κ2) is 6.63. The van der Waals surface area contributed by atoms with Gasteiger partial charge >= 0.3 is 0 Å². The van der Waals surface area contributed by atoms with Crippen LogP contribution in [0.25, 0.3) is 0 Å². The lowest BCUT2D eigenvalue weighted by molar-refractivity contribution is -0.144. The van der Waals surface area contributed by atoms with Crippen LogP contribution in [0.3, 0.4) is 0 Å². The topological polar surface area (TPSA) is 49.4 Å². The molecule has 0 saturated carbocycles. The van der Waals surface area contributed by atoms with Gasteiger partial charge in [0, 0.05) is 19.4 Å². The Morgan fingerprint density at radius 3 is 2.31 bits per heavy atom. The van der Waals surface area contributed by atoms with E-state index in [1.165, 1.54) is 4.90 Å². The minimum absolute atomic E-state index is 0.00542. The molecule has 4 heteroatoms. The summed E-state index contributed by atoms with van der Waals surface area (Å²) >= 11 is 0. The standard InChI is InChI=1S/C12H22N2O2/c1-3-13-8-10(2)9-14-11(15)6-4-5-7-12(14)16/h10,13H,3-9H2,1-2H3. The third-order valence-electron chi connectivity index (χ3n) is 2.87. The highest BCUT2D eigenvalue weighted by atomic mass is 16.2. The second-order valence-electron chi connectivity index (χ2n) is 4.52. The highest BCUT2D eigenvalue weighted by molar-refractivity contribution is 5.96. The number of rotatable bonds is 5. The fourth-order valence-electron chi connectivity index (χ4n) is 1.93. The van der Waals surface area contributed by atoms with E-state index in [0.29, 0.717) is 25.3 Å². The van der Waals surface area contributed by atoms with Gasteiger partial charge in [0.05, 0.1) is 0 Å². The van der Waals surface area contributed by atoms with Gasteiger partial charge in [-0.25, -0.2) is 0 Å². The summed E-state index contributed by atoms with van der Waals surface area (Å²) in [6.07, 6.45) is 2.75. The summed E-state index contributed by atoms with van der Waals surface area (Å²) in [4.78, 5) is 24.9. The van der Waals surface area contributed by atoms with E-state index in [-0.39, 0.29) is 11.8 Å². The zero-order chi connectivity index (χ0) is 12.0. The van der Waals surface area contributed by atoms with Crippen LogP contribution in [0.15, 0.2) is 0 Å². The summed E-state index contributed by atoms with van der Waals surface area (Å²) < 4.78 is 0. The highest BCUT2D eigenvalue weighted by Gasteiger charge is 2.25. The Labute approximate surface area is 97.4 Å². The number of likely N-dealkylation sites (tertiary alicyclic amines) is 1. The smallest absolute Gasteiger partial charge is 0.229 e. The second-order valence-corrected chi connectivity index (χ2v) is 4.52. The zero-order valence-electron chi connectivity index (χ0n) is 10.3. The Hall–Kier alpha value is -0.900. The largest absolute Gasteiger partial charge is 0.317 e. The Kier molecular flexibility index (Phi) is 5.46. The molecule has 0 radical (unpaired) electrons. The van der Waals surface area contributed by atoms with Crippen molar-refractivity contribution in [2.45, 2.75) is 39.5 Å². The van der Waals surface area contributed by atoms with E-state index in [1.807, 2.05) is 0 Å². The van der Waals surface area contributed by atoms with Crippen LogP contribution in [-0.4, -0.2) is 36.3 Å². The lowest BCUT2D eigenvalue weighted by Crippen LogP contribution is -2.40. The average molecular weight is 226 g/mol. The van der Waals surface area contributed by atoms with Crippen LogP contribution in [0, 0.1) is 5.92 Å². The summed E-state index contributed by atoms with van der Waals surface area (Å²) in [5, 5.41) is 3.23. The molecule has 0 bridgehead atoms. The van der Waals surface area contributed by atoms with Gasteiger partial charge in [0.15, 0.2) is 0 Å². The van der Waals surface area contributed by atoms with E-state index in [2.05, 4.69) is 19.2 Å². The monoisotopic (exact) mass is 226 g/mol. The Bertz CT molecular complexity index is 235. The molecule has 1 rings (SSSR count). The van der Waals surface area contributed by atoms with Crippen LogP contribution >= 0.6 is 0 Å². The summed E-state index contributed by atoms with van der Waals surface area (Å²) in [6, 6.07) is 0. The van der Waals surface area contributed by atoms with Crippen molar-refractivity contribution in [3.8, 4) is 0 Å². The molecule has 1 N–H and O–H groups in total. The van der Waals surface area contributed by atoms with E-state index >= 15 is 0 Å². The number of nitrogens with zero attached hydrogens (tertiary/aromatic N) is 1. The quantitative estimate of drug-likeness (QED) is 0.716. The fourth-order valence-corrected chi connectivity index (χ4v) is 1.93. The zero-order valence-corrected chi connectivity index (χ0v) is 10.3. The number of hydrogen-bond donors (Lipinski definition) is 1. The Morgan fingerprint density at radius 1 is 1.25 bits per heavy atom. The highest BCUT2D eigenvalue weighted by Crippen LogP contribution is 2.14. The summed E-state index contributed by atoms with van der Waals surface area (Å²) in [5.74, 6) is 0.336. The van der Waals surface area contributed by atoms with E-state index in [4.69, 9.17) is 0 Å².